The third-order valence-corrected chi connectivity index (χ3v) is 3.70. The van der Waals surface area contributed by atoms with Crippen LogP contribution >= 0.6 is 0 Å². The molecule has 1 heterocycles. The van der Waals surface area contributed by atoms with E-state index in [1.54, 1.807) is 6.92 Å². The summed E-state index contributed by atoms with van der Waals surface area (Å²) in [6, 6.07) is 6.13. The molecule has 0 aliphatic carbocycles. The summed E-state index contributed by atoms with van der Waals surface area (Å²) >= 11 is 0. The summed E-state index contributed by atoms with van der Waals surface area (Å²) in [6.45, 7) is 8.57. The summed E-state index contributed by atoms with van der Waals surface area (Å²) in [5.41, 5.74) is 9.17. The van der Waals surface area contributed by atoms with E-state index in [1.807, 2.05) is 6.07 Å². The molecule has 0 amide bonds. The molecule has 0 saturated carbocycles. The number of fused-ring (bicyclic) bond motifs is 1. The monoisotopic (exact) mass is 289 g/mol. The number of esters is 1. The van der Waals surface area contributed by atoms with Crippen LogP contribution in [0.1, 0.15) is 36.8 Å². The lowest BCUT2D eigenvalue weighted by molar-refractivity contribution is 0.0519. The number of aromatic amines is 1. The van der Waals surface area contributed by atoms with Crippen LogP contribution in [0.15, 0.2) is 18.2 Å². The normalized spacial score (nSPS) is 10.9. The lowest BCUT2D eigenvalue weighted by Gasteiger charge is -2.21. The Bertz CT molecular complexity index is 630. The molecule has 0 unspecified atom stereocenters. The van der Waals surface area contributed by atoms with Gasteiger partial charge in [0, 0.05) is 41.8 Å². The maximum atomic E-state index is 12.0. The Morgan fingerprint density at radius 1 is 1.29 bits per heavy atom. The largest absolute Gasteiger partial charge is 0.461 e. The van der Waals surface area contributed by atoms with E-state index in [1.165, 1.54) is 0 Å². The second-order valence-corrected chi connectivity index (χ2v) is 4.81. The number of ether oxygens (including phenoxy) is 1. The number of nitrogens with zero attached hydrogens (tertiary/aromatic N) is 1. The first-order valence-electron chi connectivity index (χ1n) is 7.42. The summed E-state index contributed by atoms with van der Waals surface area (Å²) in [5, 5.41) is 0.991. The molecule has 21 heavy (non-hydrogen) atoms. The van der Waals surface area contributed by atoms with Gasteiger partial charge in [0.15, 0.2) is 0 Å². The molecule has 0 aliphatic heterocycles. The molecule has 0 saturated heterocycles. The van der Waals surface area contributed by atoms with Crippen LogP contribution in [-0.2, 0) is 11.3 Å². The van der Waals surface area contributed by atoms with Gasteiger partial charge in [0.25, 0.3) is 0 Å². The number of hydrogen-bond acceptors (Lipinski definition) is 4. The molecular formula is C16H23N3O2. The molecule has 5 nitrogen and oxygen atoms in total. The average Bonchev–Trinajstić information content (AvgIpc) is 2.86. The highest BCUT2D eigenvalue weighted by Crippen LogP contribution is 2.27. The summed E-state index contributed by atoms with van der Waals surface area (Å²) in [4.78, 5) is 17.4. The quantitative estimate of drug-likeness (QED) is 0.802. The summed E-state index contributed by atoms with van der Waals surface area (Å²) in [6.07, 6.45) is 0. The van der Waals surface area contributed by atoms with Crippen LogP contribution in [0.4, 0.5) is 5.69 Å². The Labute approximate surface area is 125 Å². The fraction of sp³-hybridized carbons (Fsp3) is 0.438. The molecule has 1 aromatic carbocycles. The molecule has 0 bridgehead atoms. The second kappa shape index (κ2) is 6.63. The van der Waals surface area contributed by atoms with Crippen LogP contribution in [0.3, 0.4) is 0 Å². The van der Waals surface area contributed by atoms with Gasteiger partial charge in [0.1, 0.15) is 5.69 Å². The van der Waals surface area contributed by atoms with E-state index in [9.17, 15) is 4.79 Å². The number of H-pyrrole nitrogens is 1. The van der Waals surface area contributed by atoms with Gasteiger partial charge in [-0.25, -0.2) is 4.79 Å². The van der Waals surface area contributed by atoms with E-state index in [0.717, 1.165) is 35.2 Å². The van der Waals surface area contributed by atoms with Crippen molar-refractivity contribution in [3.63, 3.8) is 0 Å². The molecule has 2 rings (SSSR count). The van der Waals surface area contributed by atoms with Gasteiger partial charge < -0.3 is 20.4 Å². The standard InChI is InChI=1S/C16H23N3O2/c1-4-19(5-2)11-7-8-14-12(9-11)13(10-17)15(18-14)16(20)21-6-3/h7-9,18H,4-6,10,17H2,1-3H3. The minimum atomic E-state index is -0.349. The van der Waals surface area contributed by atoms with Gasteiger partial charge in [-0.05, 0) is 39.0 Å². The Kier molecular flexibility index (Phi) is 4.85. The maximum Gasteiger partial charge on any atom is 0.355 e. The topological polar surface area (TPSA) is 71.4 Å². The van der Waals surface area contributed by atoms with E-state index in [0.29, 0.717) is 18.8 Å². The zero-order chi connectivity index (χ0) is 15.4. The van der Waals surface area contributed by atoms with Crippen molar-refractivity contribution >= 4 is 22.6 Å². The highest BCUT2D eigenvalue weighted by atomic mass is 16.5. The van der Waals surface area contributed by atoms with Gasteiger partial charge in [-0.1, -0.05) is 0 Å². The molecule has 0 spiro atoms. The summed E-state index contributed by atoms with van der Waals surface area (Å²) in [7, 11) is 0. The number of rotatable bonds is 6. The molecule has 0 atom stereocenters. The number of anilines is 1. The zero-order valence-electron chi connectivity index (χ0n) is 12.9. The van der Waals surface area contributed by atoms with Crippen molar-refractivity contribution in [3.8, 4) is 0 Å². The van der Waals surface area contributed by atoms with Crippen molar-refractivity contribution < 1.29 is 9.53 Å². The van der Waals surface area contributed by atoms with Gasteiger partial charge in [-0.2, -0.15) is 0 Å². The van der Waals surface area contributed by atoms with Crippen LogP contribution in [0.25, 0.3) is 10.9 Å². The summed E-state index contributed by atoms with van der Waals surface area (Å²) < 4.78 is 5.08. The Balaban J connectivity index is 2.53. The van der Waals surface area contributed by atoms with Gasteiger partial charge in [-0.3, -0.25) is 0 Å². The van der Waals surface area contributed by atoms with E-state index < -0.39 is 0 Å². The molecule has 5 heteroatoms. The third kappa shape index (κ3) is 2.88. The maximum absolute atomic E-state index is 12.0. The van der Waals surface area contributed by atoms with Crippen molar-refractivity contribution in [3.05, 3.63) is 29.5 Å². The first kappa shape index (κ1) is 15.4. The van der Waals surface area contributed by atoms with Crippen molar-refractivity contribution in [2.24, 2.45) is 5.73 Å². The van der Waals surface area contributed by atoms with Crippen molar-refractivity contribution in [2.75, 3.05) is 24.6 Å². The zero-order valence-corrected chi connectivity index (χ0v) is 12.9. The molecule has 1 aromatic heterocycles. The van der Waals surface area contributed by atoms with Gasteiger partial charge in [0.2, 0.25) is 0 Å². The SMILES string of the molecule is CCOC(=O)c1[nH]c2ccc(N(CC)CC)cc2c1CN. The minimum absolute atomic E-state index is 0.301. The fourth-order valence-electron chi connectivity index (χ4n) is 2.61. The number of carbonyl (C=O) groups is 1. The van der Waals surface area contributed by atoms with Gasteiger partial charge >= 0.3 is 5.97 Å². The highest BCUT2D eigenvalue weighted by molar-refractivity contribution is 5.99. The molecule has 0 radical (unpaired) electrons. The molecule has 114 valence electrons. The van der Waals surface area contributed by atoms with E-state index in [4.69, 9.17) is 10.5 Å². The smallest absolute Gasteiger partial charge is 0.355 e. The summed E-state index contributed by atoms with van der Waals surface area (Å²) in [5.74, 6) is -0.349. The Hall–Kier alpha value is -2.01. The van der Waals surface area contributed by atoms with Crippen LogP contribution in [0.5, 0.6) is 0 Å². The van der Waals surface area contributed by atoms with E-state index in [2.05, 4.69) is 35.9 Å². The first-order valence-corrected chi connectivity index (χ1v) is 7.42. The number of aromatic nitrogens is 1. The number of carbonyl (C=O) groups excluding carboxylic acids is 1. The molecular weight excluding hydrogens is 266 g/mol. The Morgan fingerprint density at radius 2 is 2.00 bits per heavy atom. The van der Waals surface area contributed by atoms with Crippen LogP contribution in [-0.4, -0.2) is 30.6 Å². The molecule has 2 aromatic rings. The molecule has 0 aliphatic rings. The van der Waals surface area contributed by atoms with Crippen molar-refractivity contribution in [1.29, 1.82) is 0 Å². The number of benzene rings is 1. The van der Waals surface area contributed by atoms with Gasteiger partial charge in [-0.15, -0.1) is 0 Å². The van der Waals surface area contributed by atoms with Crippen LogP contribution < -0.4 is 10.6 Å². The predicted molar refractivity (Wildman–Crippen MR) is 85.7 cm³/mol. The van der Waals surface area contributed by atoms with Crippen LogP contribution in [0.2, 0.25) is 0 Å². The number of nitrogens with one attached hydrogen (secondary N) is 1. The van der Waals surface area contributed by atoms with Gasteiger partial charge in [0.05, 0.1) is 6.61 Å². The highest BCUT2D eigenvalue weighted by Gasteiger charge is 2.18. The average molecular weight is 289 g/mol. The molecule has 3 N–H and O–H groups in total. The Morgan fingerprint density at radius 3 is 2.57 bits per heavy atom. The van der Waals surface area contributed by atoms with E-state index in [-0.39, 0.29) is 5.97 Å². The molecule has 0 fully saturated rings. The van der Waals surface area contributed by atoms with E-state index >= 15 is 0 Å². The first-order chi connectivity index (χ1) is 10.2. The van der Waals surface area contributed by atoms with Crippen molar-refractivity contribution in [2.45, 2.75) is 27.3 Å². The number of nitrogens with two attached hydrogens (primary N) is 1. The third-order valence-electron chi connectivity index (χ3n) is 3.70. The number of hydrogen-bond donors (Lipinski definition) is 2. The predicted octanol–water partition coefficient (Wildman–Crippen LogP) is 2.65. The minimum Gasteiger partial charge on any atom is -0.461 e. The van der Waals surface area contributed by atoms with Crippen LogP contribution in [0, 0.1) is 0 Å². The lowest BCUT2D eigenvalue weighted by Crippen LogP contribution is -2.21. The lowest BCUT2D eigenvalue weighted by atomic mass is 10.1. The second-order valence-electron chi connectivity index (χ2n) is 4.81. The fourth-order valence-corrected chi connectivity index (χ4v) is 2.61. The van der Waals surface area contributed by atoms with Crippen molar-refractivity contribution in [1.82, 2.24) is 4.98 Å².